The van der Waals surface area contributed by atoms with Crippen LogP contribution in [0.25, 0.3) is 0 Å². The molecule has 2 nitrogen and oxygen atoms in total. The summed E-state index contributed by atoms with van der Waals surface area (Å²) in [5, 5.41) is 6.61. The number of aromatic nitrogens is 2. The Morgan fingerprint density at radius 3 is 3.22 bits per heavy atom. The molecule has 1 N–H and O–H groups in total. The molecule has 0 atom stereocenters. The van der Waals surface area contributed by atoms with E-state index in [0.717, 1.165) is 12.1 Å². The van der Waals surface area contributed by atoms with Crippen molar-refractivity contribution in [3.05, 3.63) is 24.4 Å². The van der Waals surface area contributed by atoms with Crippen LogP contribution in [0.1, 0.15) is 12.1 Å². The van der Waals surface area contributed by atoms with Crippen LogP contribution in [0, 0.1) is 12.3 Å². The fourth-order valence-electron chi connectivity index (χ4n) is 0.621. The van der Waals surface area contributed by atoms with Crippen LogP contribution in [0.15, 0.2) is 12.3 Å². The summed E-state index contributed by atoms with van der Waals surface area (Å²) in [6, 6.07) is 1.90. The van der Waals surface area contributed by atoms with Crippen LogP contribution < -0.4 is 0 Å². The minimum atomic E-state index is 0.658. The molecule has 1 rings (SSSR count). The van der Waals surface area contributed by atoms with E-state index in [-0.39, 0.29) is 0 Å². The summed E-state index contributed by atoms with van der Waals surface area (Å²) in [5.74, 6) is 2.30. The van der Waals surface area contributed by atoms with Crippen LogP contribution in [-0.4, -0.2) is 10.2 Å². The van der Waals surface area contributed by atoms with Gasteiger partial charge in [-0.3, -0.25) is 5.10 Å². The number of H-pyrrole nitrogens is 1. The largest absolute Gasteiger partial charge is 0.285 e. The highest BCUT2D eigenvalue weighted by Gasteiger charge is 1.89. The van der Waals surface area contributed by atoms with Crippen molar-refractivity contribution >= 4 is 0 Å². The first-order valence-corrected chi connectivity index (χ1v) is 2.82. The van der Waals surface area contributed by atoms with Crippen molar-refractivity contribution in [2.75, 3.05) is 0 Å². The molecule has 0 bridgehead atoms. The summed E-state index contributed by atoms with van der Waals surface area (Å²) in [6.45, 7) is 0. The first kappa shape index (κ1) is 5.90. The van der Waals surface area contributed by atoms with Gasteiger partial charge in [0.05, 0.1) is 5.69 Å². The maximum absolute atomic E-state index is 6.62. The smallest absolute Gasteiger partial charge is 0.0631 e. The molecule has 1 radical (unpaired) electrons. The van der Waals surface area contributed by atoms with Gasteiger partial charge in [-0.25, -0.2) is 0 Å². The summed E-state index contributed by atoms with van der Waals surface area (Å²) < 4.78 is 0. The SMILES string of the molecule is [C]#CCCc1cc[nH]n1. The van der Waals surface area contributed by atoms with E-state index >= 15 is 0 Å². The summed E-state index contributed by atoms with van der Waals surface area (Å²) >= 11 is 0. The summed E-state index contributed by atoms with van der Waals surface area (Å²) in [7, 11) is 0. The lowest BCUT2D eigenvalue weighted by atomic mass is 10.2. The highest BCUT2D eigenvalue weighted by atomic mass is 15.1. The van der Waals surface area contributed by atoms with Gasteiger partial charge in [-0.1, -0.05) is 5.92 Å². The second-order valence-electron chi connectivity index (χ2n) is 1.74. The number of aromatic amines is 1. The molecular weight excluding hydrogens is 112 g/mol. The van der Waals surface area contributed by atoms with Gasteiger partial charge in [0, 0.05) is 19.0 Å². The van der Waals surface area contributed by atoms with Gasteiger partial charge in [0.2, 0.25) is 0 Å². The number of aryl methyl sites for hydroxylation is 1. The fourth-order valence-corrected chi connectivity index (χ4v) is 0.621. The number of hydrogen-bond acceptors (Lipinski definition) is 1. The van der Waals surface area contributed by atoms with E-state index in [1.807, 2.05) is 6.07 Å². The molecule has 0 fully saturated rings. The lowest BCUT2D eigenvalue weighted by Gasteiger charge is -1.84. The molecule has 0 aliphatic carbocycles. The van der Waals surface area contributed by atoms with Gasteiger partial charge in [-0.15, -0.1) is 0 Å². The maximum atomic E-state index is 6.62. The molecule has 0 aliphatic rings. The Kier molecular flexibility index (Phi) is 1.92. The quantitative estimate of drug-likeness (QED) is 0.576. The molecule has 0 saturated carbocycles. The molecule has 0 unspecified atom stereocenters. The number of nitrogens with zero attached hydrogens (tertiary/aromatic N) is 1. The van der Waals surface area contributed by atoms with Crippen molar-refractivity contribution in [3.63, 3.8) is 0 Å². The van der Waals surface area contributed by atoms with Crippen LogP contribution in [0.3, 0.4) is 0 Å². The van der Waals surface area contributed by atoms with Gasteiger partial charge in [-0.05, 0) is 12.5 Å². The van der Waals surface area contributed by atoms with E-state index in [9.17, 15) is 0 Å². The maximum Gasteiger partial charge on any atom is 0.0631 e. The highest BCUT2D eigenvalue weighted by Crippen LogP contribution is 1.94. The van der Waals surface area contributed by atoms with Crippen molar-refractivity contribution in [2.45, 2.75) is 12.8 Å². The van der Waals surface area contributed by atoms with E-state index < -0.39 is 0 Å². The second-order valence-corrected chi connectivity index (χ2v) is 1.74. The Labute approximate surface area is 54.3 Å². The van der Waals surface area contributed by atoms with Crippen LogP contribution in [0.4, 0.5) is 0 Å². The van der Waals surface area contributed by atoms with Gasteiger partial charge >= 0.3 is 0 Å². The zero-order valence-corrected chi connectivity index (χ0v) is 5.02. The third kappa shape index (κ3) is 1.61. The molecule has 0 saturated heterocycles. The third-order valence-electron chi connectivity index (χ3n) is 1.06. The average molecular weight is 119 g/mol. The minimum absolute atomic E-state index is 0.658. The van der Waals surface area contributed by atoms with Crippen molar-refractivity contribution in [3.8, 4) is 5.92 Å². The van der Waals surface area contributed by atoms with Gasteiger partial charge in [-0.2, -0.15) is 5.10 Å². The minimum Gasteiger partial charge on any atom is -0.285 e. The van der Waals surface area contributed by atoms with E-state index in [4.69, 9.17) is 6.42 Å². The topological polar surface area (TPSA) is 28.7 Å². The monoisotopic (exact) mass is 119 g/mol. The first-order valence-electron chi connectivity index (χ1n) is 2.82. The Bertz CT molecular complexity index is 193. The summed E-state index contributed by atoms with van der Waals surface area (Å²) in [6.07, 6.45) is 9.86. The molecule has 45 valence electrons. The van der Waals surface area contributed by atoms with Crippen LogP contribution in [0.2, 0.25) is 0 Å². The Balaban J connectivity index is 2.41. The van der Waals surface area contributed by atoms with Crippen LogP contribution >= 0.6 is 0 Å². The fraction of sp³-hybridized carbons (Fsp3) is 0.286. The lowest BCUT2D eigenvalue weighted by molar-refractivity contribution is 0.929. The van der Waals surface area contributed by atoms with Crippen LogP contribution in [0.5, 0.6) is 0 Å². The summed E-state index contributed by atoms with van der Waals surface area (Å²) in [5.41, 5.74) is 0.995. The van der Waals surface area contributed by atoms with Crippen molar-refractivity contribution in [2.24, 2.45) is 0 Å². The second kappa shape index (κ2) is 2.93. The number of nitrogens with one attached hydrogen (secondary N) is 1. The summed E-state index contributed by atoms with van der Waals surface area (Å²) in [4.78, 5) is 0. The van der Waals surface area contributed by atoms with Crippen LogP contribution in [-0.2, 0) is 6.42 Å². The molecular formula is C7H7N2. The van der Waals surface area contributed by atoms with Crippen molar-refractivity contribution in [1.82, 2.24) is 10.2 Å². The van der Waals surface area contributed by atoms with E-state index in [1.54, 1.807) is 6.20 Å². The standard InChI is InChI=1S/C7H7N2/c1-2-3-4-7-5-6-8-9-7/h5-6H,3-4H2,(H,8,9). The molecule has 0 amide bonds. The van der Waals surface area contributed by atoms with Crippen molar-refractivity contribution < 1.29 is 0 Å². The molecule has 2 heteroatoms. The predicted octanol–water partition coefficient (Wildman–Crippen LogP) is 0.932. The molecule has 1 aromatic rings. The average Bonchev–Trinajstić information content (AvgIpc) is 2.34. The third-order valence-corrected chi connectivity index (χ3v) is 1.06. The first-order chi connectivity index (χ1) is 4.43. The Hall–Kier alpha value is -1.23. The van der Waals surface area contributed by atoms with E-state index in [1.165, 1.54) is 0 Å². The van der Waals surface area contributed by atoms with Gasteiger partial charge in [0.25, 0.3) is 0 Å². The normalized spacial score (nSPS) is 8.78. The molecule has 0 aliphatic heterocycles. The highest BCUT2D eigenvalue weighted by molar-refractivity contribution is 4.99. The number of hydrogen-bond donors (Lipinski definition) is 1. The zero-order valence-electron chi connectivity index (χ0n) is 5.02. The lowest BCUT2D eigenvalue weighted by Crippen LogP contribution is -1.81. The molecule has 0 aromatic carbocycles. The zero-order chi connectivity index (χ0) is 6.53. The van der Waals surface area contributed by atoms with Gasteiger partial charge in [0.15, 0.2) is 0 Å². The Morgan fingerprint density at radius 2 is 2.67 bits per heavy atom. The van der Waals surface area contributed by atoms with Crippen molar-refractivity contribution in [1.29, 1.82) is 0 Å². The van der Waals surface area contributed by atoms with Gasteiger partial charge < -0.3 is 0 Å². The van der Waals surface area contributed by atoms with E-state index in [2.05, 4.69) is 16.1 Å². The number of rotatable bonds is 2. The molecule has 9 heavy (non-hydrogen) atoms. The van der Waals surface area contributed by atoms with Gasteiger partial charge in [0.1, 0.15) is 0 Å². The molecule has 1 heterocycles. The predicted molar refractivity (Wildman–Crippen MR) is 34.0 cm³/mol. The Morgan fingerprint density at radius 1 is 1.78 bits per heavy atom. The molecule has 0 spiro atoms. The molecule has 1 aromatic heterocycles. The van der Waals surface area contributed by atoms with E-state index in [0.29, 0.717) is 6.42 Å².